The van der Waals surface area contributed by atoms with Gasteiger partial charge in [0.15, 0.2) is 11.6 Å². The number of hydrogen-bond donors (Lipinski definition) is 3. The van der Waals surface area contributed by atoms with E-state index in [1.54, 1.807) is 0 Å². The van der Waals surface area contributed by atoms with E-state index >= 15 is 0 Å². The summed E-state index contributed by atoms with van der Waals surface area (Å²) in [5, 5.41) is 17.6. The molecule has 4 N–H and O–H groups in total. The van der Waals surface area contributed by atoms with E-state index in [0.29, 0.717) is 6.07 Å². The van der Waals surface area contributed by atoms with Crippen LogP contribution in [0.25, 0.3) is 0 Å². The average Bonchev–Trinajstić information content (AvgIpc) is 2.09. The number of carboxylic acids is 1. The number of aliphatic carboxylic acids is 1. The zero-order chi connectivity index (χ0) is 11.6. The fourth-order valence-corrected chi connectivity index (χ4v) is 1.17. The van der Waals surface area contributed by atoms with E-state index in [0.717, 1.165) is 6.07 Å². The number of carboxylic acid groups (broad SMARTS) is 1. The topological polar surface area (TPSA) is 83.6 Å². The Morgan fingerprint density at radius 1 is 1.47 bits per heavy atom. The SMILES string of the molecule is N[C@H](CC(=O)O)c1cc(F)cc(F)c1O. The lowest BCUT2D eigenvalue weighted by molar-refractivity contribution is -0.137. The highest BCUT2D eigenvalue weighted by atomic mass is 19.1. The third-order valence-electron chi connectivity index (χ3n) is 1.85. The number of benzene rings is 1. The second kappa shape index (κ2) is 4.22. The minimum Gasteiger partial charge on any atom is -0.505 e. The summed E-state index contributed by atoms with van der Waals surface area (Å²) >= 11 is 0. The highest BCUT2D eigenvalue weighted by Gasteiger charge is 2.18. The molecule has 0 spiro atoms. The van der Waals surface area contributed by atoms with Crippen molar-refractivity contribution in [3.63, 3.8) is 0 Å². The average molecular weight is 217 g/mol. The highest BCUT2D eigenvalue weighted by Crippen LogP contribution is 2.28. The van der Waals surface area contributed by atoms with Crippen molar-refractivity contribution in [2.75, 3.05) is 0 Å². The summed E-state index contributed by atoms with van der Waals surface area (Å²) in [6.45, 7) is 0. The Balaban J connectivity index is 3.07. The zero-order valence-corrected chi connectivity index (χ0v) is 7.58. The Bertz CT molecular complexity index is 395. The summed E-state index contributed by atoms with van der Waals surface area (Å²) in [5.74, 6) is -4.11. The van der Waals surface area contributed by atoms with Crippen LogP contribution in [0.2, 0.25) is 0 Å². The van der Waals surface area contributed by atoms with Crippen molar-refractivity contribution in [1.29, 1.82) is 0 Å². The molecule has 0 aliphatic carbocycles. The molecule has 0 heterocycles. The molecule has 0 bridgehead atoms. The van der Waals surface area contributed by atoms with E-state index < -0.39 is 35.8 Å². The van der Waals surface area contributed by atoms with Gasteiger partial charge < -0.3 is 15.9 Å². The van der Waals surface area contributed by atoms with Crippen molar-refractivity contribution in [3.05, 3.63) is 29.3 Å². The first-order valence-corrected chi connectivity index (χ1v) is 4.07. The molecular weight excluding hydrogens is 208 g/mol. The molecule has 0 saturated carbocycles. The van der Waals surface area contributed by atoms with Gasteiger partial charge in [0.05, 0.1) is 6.42 Å². The first-order valence-electron chi connectivity index (χ1n) is 4.07. The van der Waals surface area contributed by atoms with E-state index in [-0.39, 0.29) is 5.56 Å². The molecule has 0 aromatic heterocycles. The van der Waals surface area contributed by atoms with Gasteiger partial charge in [0.1, 0.15) is 5.82 Å². The number of carbonyl (C=O) groups is 1. The molecule has 1 rings (SSSR count). The van der Waals surface area contributed by atoms with Crippen LogP contribution < -0.4 is 5.73 Å². The molecule has 0 amide bonds. The monoisotopic (exact) mass is 217 g/mol. The number of phenolic OH excluding ortho intramolecular Hbond substituents is 1. The number of phenols is 1. The van der Waals surface area contributed by atoms with Gasteiger partial charge in [-0.25, -0.2) is 8.78 Å². The van der Waals surface area contributed by atoms with Gasteiger partial charge >= 0.3 is 5.97 Å². The number of aromatic hydroxyl groups is 1. The molecule has 4 nitrogen and oxygen atoms in total. The summed E-state index contributed by atoms with van der Waals surface area (Å²) in [5.41, 5.74) is 5.11. The molecule has 0 saturated heterocycles. The minimum absolute atomic E-state index is 0.255. The van der Waals surface area contributed by atoms with Gasteiger partial charge in [0.25, 0.3) is 0 Å². The fraction of sp³-hybridized carbons (Fsp3) is 0.222. The second-order valence-electron chi connectivity index (χ2n) is 3.03. The third kappa shape index (κ3) is 2.63. The maximum Gasteiger partial charge on any atom is 0.305 e. The van der Waals surface area contributed by atoms with Crippen LogP contribution >= 0.6 is 0 Å². The first-order chi connectivity index (χ1) is 6.91. The van der Waals surface area contributed by atoms with E-state index in [1.807, 2.05) is 0 Å². The van der Waals surface area contributed by atoms with Crippen LogP contribution in [0.1, 0.15) is 18.0 Å². The van der Waals surface area contributed by atoms with Gasteiger partial charge in [-0.15, -0.1) is 0 Å². The standard InChI is InChI=1S/C9H9F2NO3/c10-4-1-5(7(12)3-8(13)14)9(15)6(11)2-4/h1-2,7,15H,3,12H2,(H,13,14)/t7-/m1/s1. The number of rotatable bonds is 3. The Kier molecular flexibility index (Phi) is 3.21. The smallest absolute Gasteiger partial charge is 0.305 e. The lowest BCUT2D eigenvalue weighted by atomic mass is 10.0. The summed E-state index contributed by atoms with van der Waals surface area (Å²) in [7, 11) is 0. The molecule has 0 radical (unpaired) electrons. The molecule has 0 fully saturated rings. The van der Waals surface area contributed by atoms with Crippen LogP contribution in [-0.4, -0.2) is 16.2 Å². The van der Waals surface area contributed by atoms with Crippen LogP contribution in [0.3, 0.4) is 0 Å². The molecular formula is C9H9F2NO3. The number of nitrogens with two attached hydrogens (primary N) is 1. The van der Waals surface area contributed by atoms with Crippen molar-refractivity contribution in [3.8, 4) is 5.75 Å². The van der Waals surface area contributed by atoms with Gasteiger partial charge in [-0.3, -0.25) is 4.79 Å². The van der Waals surface area contributed by atoms with E-state index in [4.69, 9.17) is 10.8 Å². The van der Waals surface area contributed by atoms with Gasteiger partial charge in [-0.1, -0.05) is 0 Å². The minimum atomic E-state index is -1.22. The number of hydrogen-bond acceptors (Lipinski definition) is 3. The lowest BCUT2D eigenvalue weighted by Gasteiger charge is -2.11. The van der Waals surface area contributed by atoms with Crippen molar-refractivity contribution in [2.24, 2.45) is 5.73 Å². The third-order valence-corrected chi connectivity index (χ3v) is 1.85. The largest absolute Gasteiger partial charge is 0.505 e. The fourth-order valence-electron chi connectivity index (χ4n) is 1.17. The number of halogens is 2. The molecule has 1 aromatic carbocycles. The maximum atomic E-state index is 12.8. The normalized spacial score (nSPS) is 12.5. The van der Waals surface area contributed by atoms with Crippen LogP contribution in [-0.2, 0) is 4.79 Å². The van der Waals surface area contributed by atoms with Crippen LogP contribution in [0.5, 0.6) is 5.75 Å². The van der Waals surface area contributed by atoms with Crippen LogP contribution in [0.15, 0.2) is 12.1 Å². The quantitative estimate of drug-likeness (QED) is 0.709. The van der Waals surface area contributed by atoms with Crippen LogP contribution in [0.4, 0.5) is 8.78 Å². The van der Waals surface area contributed by atoms with Gasteiger partial charge in [-0.2, -0.15) is 0 Å². The first kappa shape index (κ1) is 11.4. The van der Waals surface area contributed by atoms with Crippen molar-refractivity contribution in [1.82, 2.24) is 0 Å². The van der Waals surface area contributed by atoms with Gasteiger partial charge in [0, 0.05) is 17.7 Å². The van der Waals surface area contributed by atoms with Crippen molar-refractivity contribution < 1.29 is 23.8 Å². The van der Waals surface area contributed by atoms with E-state index in [1.165, 1.54) is 0 Å². The Labute approximate surface area is 83.9 Å². The summed E-state index contributed by atoms with van der Waals surface area (Å²) < 4.78 is 25.6. The van der Waals surface area contributed by atoms with Crippen molar-refractivity contribution in [2.45, 2.75) is 12.5 Å². The van der Waals surface area contributed by atoms with Gasteiger partial charge in [-0.05, 0) is 6.07 Å². The summed E-state index contributed by atoms with van der Waals surface area (Å²) in [4.78, 5) is 10.3. The zero-order valence-electron chi connectivity index (χ0n) is 7.58. The predicted molar refractivity (Wildman–Crippen MR) is 47.2 cm³/mol. The molecule has 1 aromatic rings. The Morgan fingerprint density at radius 3 is 2.60 bits per heavy atom. The van der Waals surface area contributed by atoms with Crippen LogP contribution in [0, 0.1) is 11.6 Å². The highest BCUT2D eigenvalue weighted by molar-refractivity contribution is 5.68. The molecule has 0 aliphatic rings. The maximum absolute atomic E-state index is 12.8. The summed E-state index contributed by atoms with van der Waals surface area (Å²) in [6.07, 6.45) is -0.517. The molecule has 1 atom stereocenters. The second-order valence-corrected chi connectivity index (χ2v) is 3.03. The Hall–Kier alpha value is -1.69. The van der Waals surface area contributed by atoms with Crippen molar-refractivity contribution >= 4 is 5.97 Å². The van der Waals surface area contributed by atoms with Gasteiger partial charge in [0.2, 0.25) is 0 Å². The molecule has 15 heavy (non-hydrogen) atoms. The summed E-state index contributed by atoms with van der Waals surface area (Å²) in [6, 6.07) is 0.158. The molecule has 0 aliphatic heterocycles. The predicted octanol–water partition coefficient (Wildman–Crippen LogP) is 1.14. The van der Waals surface area contributed by atoms with E-state index in [2.05, 4.69) is 0 Å². The molecule has 0 unspecified atom stereocenters. The lowest BCUT2D eigenvalue weighted by Crippen LogP contribution is -2.15. The molecule has 6 heteroatoms. The molecule has 82 valence electrons. The Morgan fingerprint density at radius 2 is 2.07 bits per heavy atom. The van der Waals surface area contributed by atoms with E-state index in [9.17, 15) is 18.7 Å².